The summed E-state index contributed by atoms with van der Waals surface area (Å²) in [7, 11) is 1.51. The van der Waals surface area contributed by atoms with E-state index in [9.17, 15) is 4.79 Å². The first-order chi connectivity index (χ1) is 11.0. The lowest BCUT2D eigenvalue weighted by Crippen LogP contribution is -2.27. The van der Waals surface area contributed by atoms with E-state index in [-0.39, 0.29) is 11.9 Å². The third-order valence-electron chi connectivity index (χ3n) is 4.17. The molecular formula is C15H20BrN5O2. The molecule has 23 heavy (non-hydrogen) atoms. The third-order valence-corrected chi connectivity index (χ3v) is 4.71. The van der Waals surface area contributed by atoms with Crippen molar-refractivity contribution in [1.82, 2.24) is 8.58 Å². The molecule has 8 heteroatoms. The monoisotopic (exact) mass is 381 g/mol. The van der Waals surface area contributed by atoms with E-state index >= 15 is 0 Å². The van der Waals surface area contributed by atoms with Crippen molar-refractivity contribution in [2.75, 3.05) is 30.4 Å². The van der Waals surface area contributed by atoms with Gasteiger partial charge in [0, 0.05) is 38.6 Å². The summed E-state index contributed by atoms with van der Waals surface area (Å²) in [5, 5.41) is 3.82. The number of amides is 1. The molecule has 0 saturated carbocycles. The standard InChI is InChI=1S/C15H20BrN5O2/c1-9(23-2)15(22)19-11-8-21(16)14-13(11)12(3-5-18-14)20-6-4-10(17)7-20/h3,5,8-10H,4,6-7,17H2,1-2H3,(H,19,22). The topological polar surface area (TPSA) is 85.4 Å². The summed E-state index contributed by atoms with van der Waals surface area (Å²) in [4.78, 5) is 18.8. The van der Waals surface area contributed by atoms with Gasteiger partial charge in [-0.05, 0) is 19.4 Å². The van der Waals surface area contributed by atoms with Crippen molar-refractivity contribution in [3.63, 3.8) is 0 Å². The first-order valence-electron chi connectivity index (χ1n) is 7.51. The lowest BCUT2D eigenvalue weighted by Gasteiger charge is -2.20. The molecule has 7 nitrogen and oxygen atoms in total. The summed E-state index contributed by atoms with van der Waals surface area (Å²) in [5.74, 6) is -0.194. The molecule has 3 rings (SSSR count). The van der Waals surface area contributed by atoms with Gasteiger partial charge in [0.1, 0.15) is 6.10 Å². The van der Waals surface area contributed by atoms with Crippen molar-refractivity contribution in [2.45, 2.75) is 25.5 Å². The minimum absolute atomic E-state index is 0.177. The average Bonchev–Trinajstić information content (AvgIpc) is 3.11. The number of hydrogen-bond donors (Lipinski definition) is 2. The maximum atomic E-state index is 12.2. The van der Waals surface area contributed by atoms with Gasteiger partial charge in [0.25, 0.3) is 5.91 Å². The van der Waals surface area contributed by atoms with Gasteiger partial charge in [-0.1, -0.05) is 0 Å². The molecule has 1 fully saturated rings. The molecule has 2 aromatic heterocycles. The predicted octanol–water partition coefficient (Wildman–Crippen LogP) is 1.71. The molecule has 0 bridgehead atoms. The number of hydrogen-bond acceptors (Lipinski definition) is 5. The molecule has 2 unspecified atom stereocenters. The van der Waals surface area contributed by atoms with Crippen LogP contribution in [0.2, 0.25) is 0 Å². The van der Waals surface area contributed by atoms with Gasteiger partial charge in [0.2, 0.25) is 0 Å². The number of pyridine rings is 1. The van der Waals surface area contributed by atoms with Crippen LogP contribution < -0.4 is 16.0 Å². The molecule has 0 spiro atoms. The number of methoxy groups -OCH3 is 1. The van der Waals surface area contributed by atoms with E-state index in [0.717, 1.165) is 36.2 Å². The number of nitrogens with one attached hydrogen (secondary N) is 1. The Morgan fingerprint density at radius 3 is 3.04 bits per heavy atom. The van der Waals surface area contributed by atoms with E-state index in [1.807, 2.05) is 6.07 Å². The van der Waals surface area contributed by atoms with Crippen molar-refractivity contribution in [3.8, 4) is 0 Å². The van der Waals surface area contributed by atoms with Crippen LogP contribution in [-0.4, -0.2) is 46.8 Å². The minimum Gasteiger partial charge on any atom is -0.372 e. The largest absolute Gasteiger partial charge is 0.372 e. The van der Waals surface area contributed by atoms with Gasteiger partial charge in [-0.25, -0.2) is 4.98 Å². The van der Waals surface area contributed by atoms with Crippen LogP contribution in [0.15, 0.2) is 18.5 Å². The summed E-state index contributed by atoms with van der Waals surface area (Å²) in [6.07, 6.45) is 4.01. The second-order valence-electron chi connectivity index (χ2n) is 5.74. The molecule has 3 heterocycles. The van der Waals surface area contributed by atoms with Crippen LogP contribution >= 0.6 is 16.1 Å². The third kappa shape index (κ3) is 3.06. The number of nitrogens with zero attached hydrogens (tertiary/aromatic N) is 3. The highest BCUT2D eigenvalue weighted by Crippen LogP contribution is 2.35. The van der Waals surface area contributed by atoms with Crippen LogP contribution in [0.25, 0.3) is 11.0 Å². The number of aromatic nitrogens is 2. The number of halogens is 1. The fourth-order valence-electron chi connectivity index (χ4n) is 2.81. The van der Waals surface area contributed by atoms with Crippen molar-refractivity contribution in [1.29, 1.82) is 0 Å². The average molecular weight is 382 g/mol. The Kier molecular flexibility index (Phi) is 4.56. The first-order valence-corrected chi connectivity index (χ1v) is 8.22. The normalized spacial score (nSPS) is 19.3. The number of carbonyl (C=O) groups excluding carboxylic acids is 1. The van der Waals surface area contributed by atoms with Crippen LogP contribution in [0.3, 0.4) is 0 Å². The molecule has 1 aliphatic heterocycles. The maximum absolute atomic E-state index is 12.2. The number of nitrogens with two attached hydrogens (primary N) is 1. The smallest absolute Gasteiger partial charge is 0.253 e. The lowest BCUT2D eigenvalue weighted by molar-refractivity contribution is -0.124. The van der Waals surface area contributed by atoms with Gasteiger partial charge in [0.05, 0.1) is 32.9 Å². The van der Waals surface area contributed by atoms with E-state index in [4.69, 9.17) is 10.5 Å². The molecule has 3 N–H and O–H groups in total. The Labute approximate surface area is 143 Å². The molecule has 0 radical (unpaired) electrons. The van der Waals surface area contributed by atoms with Gasteiger partial charge in [-0.3, -0.25) is 8.39 Å². The number of fused-ring (bicyclic) bond motifs is 1. The molecular weight excluding hydrogens is 362 g/mol. The van der Waals surface area contributed by atoms with E-state index in [1.165, 1.54) is 7.11 Å². The van der Waals surface area contributed by atoms with E-state index < -0.39 is 6.10 Å². The zero-order chi connectivity index (χ0) is 16.6. The molecule has 0 aliphatic carbocycles. The van der Waals surface area contributed by atoms with E-state index in [1.54, 1.807) is 22.9 Å². The van der Waals surface area contributed by atoms with Gasteiger partial charge >= 0.3 is 0 Å². The van der Waals surface area contributed by atoms with Crippen molar-refractivity contribution >= 4 is 44.5 Å². The first kappa shape index (κ1) is 16.2. The highest BCUT2D eigenvalue weighted by Gasteiger charge is 2.24. The zero-order valence-corrected chi connectivity index (χ0v) is 14.7. The van der Waals surface area contributed by atoms with Gasteiger partial charge < -0.3 is 20.7 Å². The van der Waals surface area contributed by atoms with Crippen LogP contribution in [0.1, 0.15) is 13.3 Å². The molecule has 0 aromatic carbocycles. The SMILES string of the molecule is COC(C)C(=O)Nc1cn(Br)c2nccc(N3CCC(N)C3)c12. The van der Waals surface area contributed by atoms with Crippen LogP contribution in [-0.2, 0) is 9.53 Å². The lowest BCUT2D eigenvalue weighted by atomic mass is 10.2. The summed E-state index contributed by atoms with van der Waals surface area (Å²) in [6.45, 7) is 3.41. The molecule has 1 amide bonds. The van der Waals surface area contributed by atoms with Gasteiger partial charge in [-0.2, -0.15) is 0 Å². The quantitative estimate of drug-likeness (QED) is 0.841. The van der Waals surface area contributed by atoms with Crippen molar-refractivity contribution in [2.24, 2.45) is 5.73 Å². The fourth-order valence-corrected chi connectivity index (χ4v) is 3.28. The summed E-state index contributed by atoms with van der Waals surface area (Å²) < 4.78 is 6.81. The fraction of sp³-hybridized carbons (Fsp3) is 0.467. The van der Waals surface area contributed by atoms with Crippen LogP contribution in [0.5, 0.6) is 0 Å². The predicted molar refractivity (Wildman–Crippen MR) is 94.0 cm³/mol. The van der Waals surface area contributed by atoms with Crippen molar-refractivity contribution < 1.29 is 9.53 Å². The highest BCUT2D eigenvalue weighted by molar-refractivity contribution is 9.08. The van der Waals surface area contributed by atoms with E-state index in [2.05, 4.69) is 31.3 Å². The number of anilines is 2. The Balaban J connectivity index is 2.03. The number of rotatable bonds is 4. The van der Waals surface area contributed by atoms with E-state index in [0.29, 0.717) is 5.69 Å². The minimum atomic E-state index is -0.524. The second-order valence-corrected chi connectivity index (χ2v) is 6.51. The zero-order valence-electron chi connectivity index (χ0n) is 13.1. The molecule has 2 aromatic rings. The molecule has 1 saturated heterocycles. The van der Waals surface area contributed by atoms with Gasteiger partial charge in [0.15, 0.2) is 5.65 Å². The van der Waals surface area contributed by atoms with Crippen molar-refractivity contribution in [3.05, 3.63) is 18.5 Å². The van der Waals surface area contributed by atoms with Gasteiger partial charge in [-0.15, -0.1) is 0 Å². The Morgan fingerprint density at radius 2 is 2.39 bits per heavy atom. The number of carbonyl (C=O) groups is 1. The molecule has 124 valence electrons. The Bertz CT molecular complexity index is 732. The molecule has 2 atom stereocenters. The molecule has 1 aliphatic rings. The summed E-state index contributed by atoms with van der Waals surface area (Å²) >= 11 is 3.44. The summed E-state index contributed by atoms with van der Waals surface area (Å²) in [6, 6.07) is 2.14. The highest BCUT2D eigenvalue weighted by atomic mass is 79.9. The van der Waals surface area contributed by atoms with Crippen LogP contribution in [0, 0.1) is 0 Å². The number of ether oxygens (including phenoxy) is 1. The summed E-state index contributed by atoms with van der Waals surface area (Å²) in [5.41, 5.74) is 8.52. The Morgan fingerprint density at radius 1 is 1.61 bits per heavy atom. The maximum Gasteiger partial charge on any atom is 0.253 e. The Hall–Kier alpha value is -1.64. The van der Waals surface area contributed by atoms with Crippen LogP contribution in [0.4, 0.5) is 11.4 Å². The second kappa shape index (κ2) is 6.46.